The van der Waals surface area contributed by atoms with Crippen molar-refractivity contribution < 1.29 is 4.74 Å². The predicted molar refractivity (Wildman–Crippen MR) is 66.4 cm³/mol. The molecular formula is C14H15NO. The SMILES string of the molecule is C=CC(OC)c1cnc(C)c2ccccc12. The molecule has 2 nitrogen and oxygen atoms in total. The van der Waals surface area contributed by atoms with Crippen LogP contribution >= 0.6 is 0 Å². The van der Waals surface area contributed by atoms with Gasteiger partial charge in [0.2, 0.25) is 0 Å². The van der Waals surface area contributed by atoms with Crippen molar-refractivity contribution in [3.8, 4) is 0 Å². The van der Waals surface area contributed by atoms with Gasteiger partial charge < -0.3 is 4.74 Å². The minimum Gasteiger partial charge on any atom is -0.373 e. The highest BCUT2D eigenvalue weighted by atomic mass is 16.5. The second-order valence-corrected chi connectivity index (χ2v) is 3.74. The lowest BCUT2D eigenvalue weighted by molar-refractivity contribution is 0.144. The Morgan fingerprint density at radius 3 is 2.62 bits per heavy atom. The molecule has 2 aromatic rings. The highest BCUT2D eigenvalue weighted by Gasteiger charge is 2.11. The number of methoxy groups -OCH3 is 1. The Morgan fingerprint density at radius 2 is 2.00 bits per heavy atom. The van der Waals surface area contributed by atoms with Gasteiger partial charge in [-0.1, -0.05) is 30.3 Å². The molecule has 0 amide bonds. The number of hydrogen-bond donors (Lipinski definition) is 0. The molecule has 16 heavy (non-hydrogen) atoms. The number of hydrogen-bond acceptors (Lipinski definition) is 2. The number of aryl methyl sites for hydroxylation is 1. The lowest BCUT2D eigenvalue weighted by Gasteiger charge is -2.14. The van der Waals surface area contributed by atoms with Crippen LogP contribution in [0.25, 0.3) is 10.8 Å². The van der Waals surface area contributed by atoms with E-state index in [9.17, 15) is 0 Å². The molecule has 1 aromatic heterocycles. The summed E-state index contributed by atoms with van der Waals surface area (Å²) in [6.07, 6.45) is 3.56. The molecule has 0 spiro atoms. The first-order valence-electron chi connectivity index (χ1n) is 5.27. The molecule has 0 N–H and O–H groups in total. The van der Waals surface area contributed by atoms with Crippen LogP contribution in [0.2, 0.25) is 0 Å². The molecule has 1 aromatic carbocycles. The zero-order chi connectivity index (χ0) is 11.5. The van der Waals surface area contributed by atoms with Crippen LogP contribution in [0.1, 0.15) is 17.4 Å². The molecule has 1 heterocycles. The Bertz CT molecular complexity index is 519. The van der Waals surface area contributed by atoms with Gasteiger partial charge in [-0.15, -0.1) is 6.58 Å². The second-order valence-electron chi connectivity index (χ2n) is 3.74. The number of nitrogens with zero attached hydrogens (tertiary/aromatic N) is 1. The van der Waals surface area contributed by atoms with E-state index in [2.05, 4.69) is 23.7 Å². The third kappa shape index (κ3) is 1.72. The number of pyridine rings is 1. The van der Waals surface area contributed by atoms with E-state index >= 15 is 0 Å². The van der Waals surface area contributed by atoms with Gasteiger partial charge in [-0.05, 0) is 12.3 Å². The highest BCUT2D eigenvalue weighted by Crippen LogP contribution is 2.27. The lowest BCUT2D eigenvalue weighted by atomic mass is 10.0. The molecule has 0 radical (unpaired) electrons. The number of rotatable bonds is 3. The maximum Gasteiger partial charge on any atom is 0.102 e. The van der Waals surface area contributed by atoms with E-state index in [1.807, 2.05) is 25.3 Å². The van der Waals surface area contributed by atoms with Gasteiger partial charge >= 0.3 is 0 Å². The summed E-state index contributed by atoms with van der Waals surface area (Å²) in [7, 11) is 1.68. The van der Waals surface area contributed by atoms with Crippen LogP contribution in [0.5, 0.6) is 0 Å². The smallest absolute Gasteiger partial charge is 0.102 e. The van der Waals surface area contributed by atoms with Crippen molar-refractivity contribution in [1.82, 2.24) is 4.98 Å². The maximum atomic E-state index is 5.38. The predicted octanol–water partition coefficient (Wildman–Crippen LogP) is 3.42. The fraction of sp³-hybridized carbons (Fsp3) is 0.214. The Balaban J connectivity index is 2.71. The standard InChI is InChI=1S/C14H15NO/c1-4-14(16-3)13-9-15-10(2)11-7-5-6-8-12(11)13/h4-9,14H,1H2,2-3H3. The molecule has 82 valence electrons. The third-order valence-corrected chi connectivity index (χ3v) is 2.80. The van der Waals surface area contributed by atoms with Crippen LogP contribution in [0.15, 0.2) is 43.1 Å². The summed E-state index contributed by atoms with van der Waals surface area (Å²) in [5, 5.41) is 2.35. The molecule has 0 bridgehead atoms. The van der Waals surface area contributed by atoms with Crippen molar-refractivity contribution in [2.75, 3.05) is 7.11 Å². The summed E-state index contributed by atoms with van der Waals surface area (Å²) in [5.74, 6) is 0. The Labute approximate surface area is 95.6 Å². The number of benzene rings is 1. The normalized spacial score (nSPS) is 12.6. The Morgan fingerprint density at radius 1 is 1.31 bits per heavy atom. The van der Waals surface area contributed by atoms with Crippen LogP contribution in [0.3, 0.4) is 0 Å². The molecule has 0 fully saturated rings. The second kappa shape index (κ2) is 4.45. The third-order valence-electron chi connectivity index (χ3n) is 2.80. The van der Waals surface area contributed by atoms with Gasteiger partial charge in [-0.2, -0.15) is 0 Å². The highest BCUT2D eigenvalue weighted by molar-refractivity contribution is 5.87. The first-order valence-corrected chi connectivity index (χ1v) is 5.27. The van der Waals surface area contributed by atoms with E-state index in [1.165, 1.54) is 10.8 Å². The molecule has 0 aliphatic heterocycles. The molecule has 0 saturated carbocycles. The van der Waals surface area contributed by atoms with E-state index in [4.69, 9.17) is 4.74 Å². The van der Waals surface area contributed by atoms with Crippen LogP contribution in [0.4, 0.5) is 0 Å². The average Bonchev–Trinajstić information content (AvgIpc) is 2.34. The van der Waals surface area contributed by atoms with Gasteiger partial charge in [-0.3, -0.25) is 4.98 Å². The minimum atomic E-state index is -0.0991. The van der Waals surface area contributed by atoms with Crippen LogP contribution in [-0.4, -0.2) is 12.1 Å². The molecule has 2 rings (SSSR count). The summed E-state index contributed by atoms with van der Waals surface area (Å²) < 4.78 is 5.38. The number of aromatic nitrogens is 1. The molecule has 1 atom stereocenters. The van der Waals surface area contributed by atoms with Gasteiger partial charge in [-0.25, -0.2) is 0 Å². The summed E-state index contributed by atoms with van der Waals surface area (Å²) in [6, 6.07) is 8.23. The summed E-state index contributed by atoms with van der Waals surface area (Å²) in [4.78, 5) is 4.40. The Hall–Kier alpha value is -1.67. The average molecular weight is 213 g/mol. The van der Waals surface area contributed by atoms with Gasteiger partial charge in [0, 0.05) is 30.0 Å². The molecule has 0 saturated heterocycles. The first-order chi connectivity index (χ1) is 7.77. The first kappa shape index (κ1) is 10.8. The van der Waals surface area contributed by atoms with Crippen molar-refractivity contribution in [3.63, 3.8) is 0 Å². The van der Waals surface area contributed by atoms with Crippen molar-refractivity contribution in [3.05, 3.63) is 54.4 Å². The summed E-state index contributed by atoms with van der Waals surface area (Å²) in [6.45, 7) is 5.80. The van der Waals surface area contributed by atoms with Crippen molar-refractivity contribution in [1.29, 1.82) is 0 Å². The van der Waals surface area contributed by atoms with E-state index in [-0.39, 0.29) is 6.10 Å². The van der Waals surface area contributed by atoms with E-state index in [1.54, 1.807) is 13.2 Å². The molecule has 0 aliphatic carbocycles. The quantitative estimate of drug-likeness (QED) is 0.729. The monoisotopic (exact) mass is 213 g/mol. The topological polar surface area (TPSA) is 22.1 Å². The fourth-order valence-electron chi connectivity index (χ4n) is 1.93. The number of fused-ring (bicyclic) bond motifs is 1. The van der Waals surface area contributed by atoms with Crippen LogP contribution in [0, 0.1) is 6.92 Å². The maximum absolute atomic E-state index is 5.38. The largest absolute Gasteiger partial charge is 0.373 e. The zero-order valence-electron chi connectivity index (χ0n) is 9.60. The van der Waals surface area contributed by atoms with E-state index in [0.717, 1.165) is 11.3 Å². The molecule has 2 heteroatoms. The minimum absolute atomic E-state index is 0.0991. The zero-order valence-corrected chi connectivity index (χ0v) is 9.60. The van der Waals surface area contributed by atoms with Gasteiger partial charge in [0.1, 0.15) is 6.10 Å². The summed E-state index contributed by atoms with van der Waals surface area (Å²) >= 11 is 0. The van der Waals surface area contributed by atoms with E-state index < -0.39 is 0 Å². The number of ether oxygens (including phenoxy) is 1. The Kier molecular flexibility index (Phi) is 3.02. The van der Waals surface area contributed by atoms with Gasteiger partial charge in [0.15, 0.2) is 0 Å². The van der Waals surface area contributed by atoms with Crippen LogP contribution in [-0.2, 0) is 4.74 Å². The molecule has 1 unspecified atom stereocenters. The van der Waals surface area contributed by atoms with Gasteiger partial charge in [0.25, 0.3) is 0 Å². The fourth-order valence-corrected chi connectivity index (χ4v) is 1.93. The van der Waals surface area contributed by atoms with Crippen molar-refractivity contribution >= 4 is 10.8 Å². The van der Waals surface area contributed by atoms with Crippen LogP contribution < -0.4 is 0 Å². The van der Waals surface area contributed by atoms with Crippen molar-refractivity contribution in [2.24, 2.45) is 0 Å². The van der Waals surface area contributed by atoms with Gasteiger partial charge in [0.05, 0.1) is 0 Å². The summed E-state index contributed by atoms with van der Waals surface area (Å²) in [5.41, 5.74) is 2.11. The molecule has 0 aliphatic rings. The van der Waals surface area contributed by atoms with Crippen molar-refractivity contribution in [2.45, 2.75) is 13.0 Å². The lowest BCUT2D eigenvalue weighted by Crippen LogP contribution is -2.00. The molecular weight excluding hydrogens is 198 g/mol. The van der Waals surface area contributed by atoms with E-state index in [0.29, 0.717) is 0 Å².